The minimum absolute atomic E-state index is 0.299. The predicted molar refractivity (Wildman–Crippen MR) is 77.0 cm³/mol. The first kappa shape index (κ1) is 13.1. The number of morpholine rings is 1. The zero-order chi connectivity index (χ0) is 13.0. The Morgan fingerprint density at radius 2 is 2.11 bits per heavy atom. The molecular weight excluding hydrogens is 224 g/mol. The Bertz CT molecular complexity index is 386. The maximum absolute atomic E-state index is 5.79. The van der Waals surface area contributed by atoms with Crippen LogP contribution in [0.5, 0.6) is 0 Å². The predicted octanol–water partition coefficient (Wildman–Crippen LogP) is 2.10. The number of ether oxygens (including phenoxy) is 1. The molecule has 0 aliphatic carbocycles. The fourth-order valence-electron chi connectivity index (χ4n) is 2.29. The molecule has 0 spiro atoms. The van der Waals surface area contributed by atoms with E-state index in [1.807, 2.05) is 6.08 Å². The third-order valence-corrected chi connectivity index (χ3v) is 3.20. The fourth-order valence-corrected chi connectivity index (χ4v) is 2.29. The molecule has 3 heteroatoms. The van der Waals surface area contributed by atoms with Crippen molar-refractivity contribution in [2.75, 3.05) is 45.2 Å². The fraction of sp³-hybridized carbons (Fsp3) is 0.467. The molecule has 3 nitrogen and oxygen atoms in total. The summed E-state index contributed by atoms with van der Waals surface area (Å²) in [6, 6.07) is 8.54. The van der Waals surface area contributed by atoms with E-state index >= 15 is 0 Å². The average Bonchev–Trinajstić information content (AvgIpc) is 2.38. The molecule has 1 aliphatic rings. The minimum Gasteiger partial charge on any atom is -0.373 e. The van der Waals surface area contributed by atoms with Crippen LogP contribution in [-0.4, -0.2) is 51.3 Å². The van der Waals surface area contributed by atoms with E-state index < -0.39 is 0 Å². The van der Waals surface area contributed by atoms with Gasteiger partial charge in [-0.2, -0.15) is 0 Å². The zero-order valence-corrected chi connectivity index (χ0v) is 11.3. The van der Waals surface area contributed by atoms with Crippen molar-refractivity contribution in [3.8, 4) is 0 Å². The second-order valence-electron chi connectivity index (χ2n) is 5.00. The highest BCUT2D eigenvalue weighted by molar-refractivity contribution is 5.55. The van der Waals surface area contributed by atoms with Gasteiger partial charge in [0.15, 0.2) is 0 Å². The van der Waals surface area contributed by atoms with Crippen molar-refractivity contribution >= 4 is 11.8 Å². The van der Waals surface area contributed by atoms with E-state index in [2.05, 4.69) is 54.7 Å². The lowest BCUT2D eigenvalue weighted by atomic mass is 10.1. The molecule has 0 bridgehead atoms. The number of likely N-dealkylation sites (N-methyl/N-ethyl adjacent to an activating group) is 1. The number of anilines is 1. The second kappa shape index (κ2) is 6.03. The number of hydrogen-bond donors (Lipinski definition) is 0. The average molecular weight is 246 g/mol. The SMILES string of the molecule is C=Cc1ccc(N2CCO[C@@H](CN(C)C)C2)cc1. The van der Waals surface area contributed by atoms with Gasteiger partial charge >= 0.3 is 0 Å². The molecule has 0 aromatic heterocycles. The van der Waals surface area contributed by atoms with Crippen molar-refractivity contribution in [2.24, 2.45) is 0 Å². The summed E-state index contributed by atoms with van der Waals surface area (Å²) in [5.41, 5.74) is 2.43. The Labute approximate surface area is 110 Å². The van der Waals surface area contributed by atoms with Crippen LogP contribution in [0, 0.1) is 0 Å². The number of benzene rings is 1. The summed E-state index contributed by atoms with van der Waals surface area (Å²) < 4.78 is 5.79. The molecule has 18 heavy (non-hydrogen) atoms. The van der Waals surface area contributed by atoms with Gasteiger partial charge in [-0.25, -0.2) is 0 Å². The van der Waals surface area contributed by atoms with Gasteiger partial charge in [0.1, 0.15) is 0 Å². The molecule has 1 fully saturated rings. The van der Waals surface area contributed by atoms with Crippen LogP contribution in [0.3, 0.4) is 0 Å². The van der Waals surface area contributed by atoms with Crippen LogP contribution in [0.25, 0.3) is 6.08 Å². The van der Waals surface area contributed by atoms with Crippen molar-refractivity contribution in [1.82, 2.24) is 4.90 Å². The lowest BCUT2D eigenvalue weighted by Gasteiger charge is -2.35. The standard InChI is InChI=1S/C15H22N2O/c1-4-13-5-7-14(8-6-13)17-9-10-18-15(12-17)11-16(2)3/h4-8,15H,1,9-12H2,2-3H3/t15-/m0/s1. The Balaban J connectivity index is 2.01. The van der Waals surface area contributed by atoms with Gasteiger partial charge < -0.3 is 14.5 Å². The highest BCUT2D eigenvalue weighted by Crippen LogP contribution is 2.19. The van der Waals surface area contributed by atoms with Crippen LogP contribution in [0.15, 0.2) is 30.8 Å². The quantitative estimate of drug-likeness (QED) is 0.809. The van der Waals surface area contributed by atoms with E-state index in [9.17, 15) is 0 Å². The smallest absolute Gasteiger partial charge is 0.0877 e. The third-order valence-electron chi connectivity index (χ3n) is 3.20. The van der Waals surface area contributed by atoms with Crippen LogP contribution in [0.4, 0.5) is 5.69 Å². The van der Waals surface area contributed by atoms with Crippen LogP contribution in [-0.2, 0) is 4.74 Å². The van der Waals surface area contributed by atoms with Crippen LogP contribution < -0.4 is 4.90 Å². The molecule has 1 aromatic carbocycles. The number of hydrogen-bond acceptors (Lipinski definition) is 3. The number of nitrogens with zero attached hydrogens (tertiary/aromatic N) is 2. The summed E-state index contributed by atoms with van der Waals surface area (Å²) in [7, 11) is 4.17. The van der Waals surface area contributed by atoms with Gasteiger partial charge in [0.05, 0.1) is 12.7 Å². The number of rotatable bonds is 4. The molecule has 1 aliphatic heterocycles. The Morgan fingerprint density at radius 1 is 1.39 bits per heavy atom. The van der Waals surface area contributed by atoms with E-state index in [1.165, 1.54) is 5.69 Å². The highest BCUT2D eigenvalue weighted by Gasteiger charge is 2.20. The topological polar surface area (TPSA) is 15.7 Å². The molecule has 2 rings (SSSR count). The molecule has 1 atom stereocenters. The minimum atomic E-state index is 0.299. The van der Waals surface area contributed by atoms with Crippen molar-refractivity contribution in [3.05, 3.63) is 36.4 Å². The summed E-state index contributed by atoms with van der Waals surface area (Å²) >= 11 is 0. The maximum Gasteiger partial charge on any atom is 0.0877 e. The van der Waals surface area contributed by atoms with Gasteiger partial charge in [-0.1, -0.05) is 24.8 Å². The molecular formula is C15H22N2O. The van der Waals surface area contributed by atoms with Crippen molar-refractivity contribution in [2.45, 2.75) is 6.10 Å². The van der Waals surface area contributed by atoms with Crippen molar-refractivity contribution in [1.29, 1.82) is 0 Å². The molecule has 1 heterocycles. The Hall–Kier alpha value is -1.32. The van der Waals surface area contributed by atoms with Crippen molar-refractivity contribution < 1.29 is 4.74 Å². The van der Waals surface area contributed by atoms with Gasteiger partial charge in [-0.15, -0.1) is 0 Å². The summed E-state index contributed by atoms with van der Waals surface area (Å²) in [6.07, 6.45) is 2.17. The molecule has 1 saturated heterocycles. The molecule has 0 unspecified atom stereocenters. The van der Waals surface area contributed by atoms with E-state index in [0.29, 0.717) is 6.10 Å². The summed E-state index contributed by atoms with van der Waals surface area (Å²) in [6.45, 7) is 7.49. The van der Waals surface area contributed by atoms with E-state index in [1.54, 1.807) is 0 Å². The molecule has 0 amide bonds. The molecule has 0 radical (unpaired) electrons. The van der Waals surface area contributed by atoms with Gasteiger partial charge in [0, 0.05) is 25.3 Å². The van der Waals surface area contributed by atoms with Gasteiger partial charge in [0.2, 0.25) is 0 Å². The first-order valence-electron chi connectivity index (χ1n) is 6.43. The van der Waals surface area contributed by atoms with Crippen LogP contribution >= 0.6 is 0 Å². The zero-order valence-electron chi connectivity index (χ0n) is 11.3. The van der Waals surface area contributed by atoms with E-state index in [4.69, 9.17) is 4.74 Å². The molecule has 0 N–H and O–H groups in total. The lowest BCUT2D eigenvalue weighted by molar-refractivity contribution is 0.0248. The maximum atomic E-state index is 5.79. The molecule has 98 valence electrons. The van der Waals surface area contributed by atoms with Gasteiger partial charge in [-0.3, -0.25) is 0 Å². The second-order valence-corrected chi connectivity index (χ2v) is 5.00. The summed E-state index contributed by atoms with van der Waals surface area (Å²) in [5.74, 6) is 0. The first-order valence-corrected chi connectivity index (χ1v) is 6.43. The summed E-state index contributed by atoms with van der Waals surface area (Å²) in [5, 5.41) is 0. The van der Waals surface area contributed by atoms with Crippen LogP contribution in [0.2, 0.25) is 0 Å². The van der Waals surface area contributed by atoms with Gasteiger partial charge in [0.25, 0.3) is 0 Å². The van der Waals surface area contributed by atoms with Gasteiger partial charge in [-0.05, 0) is 31.8 Å². The monoisotopic (exact) mass is 246 g/mol. The highest BCUT2D eigenvalue weighted by atomic mass is 16.5. The Kier molecular flexibility index (Phi) is 4.39. The normalized spacial score (nSPS) is 20.2. The lowest BCUT2D eigenvalue weighted by Crippen LogP contribution is -2.46. The first-order chi connectivity index (χ1) is 8.69. The molecule has 1 aromatic rings. The Morgan fingerprint density at radius 3 is 2.72 bits per heavy atom. The summed E-state index contributed by atoms with van der Waals surface area (Å²) in [4.78, 5) is 4.57. The van der Waals surface area contributed by atoms with Crippen LogP contribution in [0.1, 0.15) is 5.56 Å². The van der Waals surface area contributed by atoms with E-state index in [0.717, 1.165) is 31.8 Å². The van der Waals surface area contributed by atoms with Crippen molar-refractivity contribution in [3.63, 3.8) is 0 Å². The largest absolute Gasteiger partial charge is 0.373 e. The third kappa shape index (κ3) is 3.34. The molecule has 0 saturated carbocycles. The van der Waals surface area contributed by atoms with E-state index in [-0.39, 0.29) is 0 Å².